The van der Waals surface area contributed by atoms with E-state index in [2.05, 4.69) is 21.2 Å². The van der Waals surface area contributed by atoms with Crippen LogP contribution in [-0.4, -0.2) is 17.7 Å². The number of carboxylic acid groups (broad SMARTS) is 1. The third kappa shape index (κ3) is 2.38. The van der Waals surface area contributed by atoms with E-state index >= 15 is 0 Å². The topological polar surface area (TPSA) is 58.6 Å². The minimum Gasteiger partial charge on any atom is -0.493 e. The largest absolute Gasteiger partial charge is 0.493 e. The fraction of sp³-hybridized carbons (Fsp3) is 0.188. The Balaban J connectivity index is 2.11. The Morgan fingerprint density at radius 1 is 1.19 bits per heavy atom. The van der Waals surface area contributed by atoms with E-state index in [0.717, 1.165) is 10.2 Å². The second kappa shape index (κ2) is 5.41. The lowest BCUT2D eigenvalue weighted by Crippen LogP contribution is -2.47. The van der Waals surface area contributed by atoms with Crippen molar-refractivity contribution in [2.24, 2.45) is 0 Å². The van der Waals surface area contributed by atoms with Gasteiger partial charge >= 0.3 is 5.97 Å². The summed E-state index contributed by atoms with van der Waals surface area (Å²) >= 11 is 3.45. The van der Waals surface area contributed by atoms with Crippen molar-refractivity contribution in [3.05, 3.63) is 58.6 Å². The van der Waals surface area contributed by atoms with Gasteiger partial charge in [0.15, 0.2) is 5.54 Å². The highest BCUT2D eigenvalue weighted by atomic mass is 79.9. The fourth-order valence-corrected chi connectivity index (χ4v) is 2.98. The molecule has 0 fully saturated rings. The van der Waals surface area contributed by atoms with Gasteiger partial charge in [0.2, 0.25) is 0 Å². The zero-order valence-electron chi connectivity index (χ0n) is 11.2. The molecule has 0 saturated carbocycles. The Kier molecular flexibility index (Phi) is 3.59. The monoisotopic (exact) mass is 347 g/mol. The Hall–Kier alpha value is -2.01. The number of halogens is 1. The normalized spacial score (nSPS) is 20.2. The molecule has 0 aliphatic carbocycles. The maximum atomic E-state index is 12.0. The van der Waals surface area contributed by atoms with Gasteiger partial charge < -0.3 is 15.2 Å². The number of anilines is 1. The van der Waals surface area contributed by atoms with Gasteiger partial charge in [0, 0.05) is 22.1 Å². The number of ether oxygens (including phenoxy) is 1. The first kappa shape index (κ1) is 13.9. The average Bonchev–Trinajstić information content (AvgIpc) is 2.49. The zero-order chi connectivity index (χ0) is 14.9. The van der Waals surface area contributed by atoms with Gasteiger partial charge in [-0.3, -0.25) is 0 Å². The molecule has 1 unspecified atom stereocenters. The molecule has 108 valence electrons. The van der Waals surface area contributed by atoms with Gasteiger partial charge in [-0.1, -0.05) is 30.3 Å². The number of para-hydroxylation sites is 2. The van der Waals surface area contributed by atoms with Crippen molar-refractivity contribution >= 4 is 27.6 Å². The van der Waals surface area contributed by atoms with Crippen LogP contribution >= 0.6 is 15.9 Å². The van der Waals surface area contributed by atoms with Crippen LogP contribution in [-0.2, 0) is 10.3 Å². The Bertz CT molecular complexity index is 689. The number of fused-ring (bicyclic) bond motifs is 1. The van der Waals surface area contributed by atoms with Gasteiger partial charge in [0.25, 0.3) is 0 Å². The summed E-state index contributed by atoms with van der Waals surface area (Å²) in [5.74, 6) is -0.292. The second-order valence-electron chi connectivity index (χ2n) is 4.91. The summed E-state index contributed by atoms with van der Waals surface area (Å²) in [6, 6.07) is 14.8. The van der Waals surface area contributed by atoms with E-state index < -0.39 is 11.5 Å². The molecule has 4 nitrogen and oxygen atoms in total. The van der Waals surface area contributed by atoms with Gasteiger partial charge in [0.1, 0.15) is 5.75 Å². The van der Waals surface area contributed by atoms with Gasteiger partial charge in [-0.2, -0.15) is 0 Å². The van der Waals surface area contributed by atoms with Crippen LogP contribution in [0.15, 0.2) is 53.0 Å². The van der Waals surface area contributed by atoms with Crippen LogP contribution in [0.3, 0.4) is 0 Å². The number of hydrogen-bond donors (Lipinski definition) is 2. The molecule has 0 aromatic heterocycles. The molecular formula is C16H14BrNO3. The van der Waals surface area contributed by atoms with Crippen molar-refractivity contribution in [1.82, 2.24) is 0 Å². The van der Waals surface area contributed by atoms with Crippen molar-refractivity contribution in [1.29, 1.82) is 0 Å². The second-order valence-corrected chi connectivity index (χ2v) is 5.76. The number of rotatable bonds is 3. The van der Waals surface area contributed by atoms with Gasteiger partial charge in [0.05, 0.1) is 6.61 Å². The minimum absolute atomic E-state index is 0.362. The minimum atomic E-state index is -1.18. The lowest BCUT2D eigenvalue weighted by atomic mass is 9.84. The lowest BCUT2D eigenvalue weighted by Gasteiger charge is -2.36. The maximum absolute atomic E-state index is 12.0. The summed E-state index contributed by atoms with van der Waals surface area (Å²) in [4.78, 5) is 12.0. The first-order valence-electron chi connectivity index (χ1n) is 6.62. The predicted octanol–water partition coefficient (Wildman–Crippen LogP) is 3.62. The van der Waals surface area contributed by atoms with Gasteiger partial charge in [-0.15, -0.1) is 0 Å². The van der Waals surface area contributed by atoms with E-state index in [1.165, 1.54) is 0 Å². The van der Waals surface area contributed by atoms with Crippen LogP contribution in [0.25, 0.3) is 0 Å². The highest BCUT2D eigenvalue weighted by Crippen LogP contribution is 2.40. The number of hydrogen-bond acceptors (Lipinski definition) is 3. The molecule has 5 heteroatoms. The van der Waals surface area contributed by atoms with Crippen molar-refractivity contribution < 1.29 is 14.6 Å². The summed E-state index contributed by atoms with van der Waals surface area (Å²) in [7, 11) is 0. The number of aliphatic carboxylic acids is 1. The average molecular weight is 348 g/mol. The van der Waals surface area contributed by atoms with E-state index in [0.29, 0.717) is 24.3 Å². The first-order chi connectivity index (χ1) is 10.1. The van der Waals surface area contributed by atoms with Gasteiger partial charge in [-0.25, -0.2) is 4.79 Å². The van der Waals surface area contributed by atoms with Crippen molar-refractivity contribution in [2.75, 3.05) is 11.9 Å². The van der Waals surface area contributed by atoms with Crippen LogP contribution in [0.2, 0.25) is 0 Å². The Morgan fingerprint density at radius 2 is 1.90 bits per heavy atom. The van der Waals surface area contributed by atoms with Crippen LogP contribution < -0.4 is 10.1 Å². The highest BCUT2D eigenvalue weighted by molar-refractivity contribution is 9.10. The number of carboxylic acids is 1. The molecule has 0 saturated heterocycles. The lowest BCUT2D eigenvalue weighted by molar-refractivity contribution is -0.143. The van der Waals surface area contributed by atoms with Gasteiger partial charge in [-0.05, 0) is 34.1 Å². The number of benzene rings is 2. The molecule has 3 rings (SSSR count). The molecule has 0 radical (unpaired) electrons. The maximum Gasteiger partial charge on any atom is 0.334 e. The highest BCUT2D eigenvalue weighted by Gasteiger charge is 2.45. The summed E-state index contributed by atoms with van der Waals surface area (Å²) in [6.07, 6.45) is 0.362. The summed E-state index contributed by atoms with van der Waals surface area (Å²) in [5, 5.41) is 13.0. The molecule has 1 atom stereocenters. The Morgan fingerprint density at radius 3 is 2.67 bits per heavy atom. The van der Waals surface area contributed by atoms with E-state index in [9.17, 15) is 9.90 Å². The molecule has 1 heterocycles. The molecule has 0 bridgehead atoms. The third-order valence-corrected chi connectivity index (χ3v) is 4.36. The molecule has 2 N–H and O–H groups in total. The molecule has 0 spiro atoms. The SMILES string of the molecule is O=C(O)C1(Nc2ccccc2Br)CCOc2ccccc21. The Labute approximate surface area is 130 Å². The first-order valence-corrected chi connectivity index (χ1v) is 7.41. The van der Waals surface area contributed by atoms with E-state index in [4.69, 9.17) is 4.74 Å². The van der Waals surface area contributed by atoms with Crippen LogP contribution in [0.1, 0.15) is 12.0 Å². The fourth-order valence-electron chi connectivity index (χ4n) is 2.59. The number of nitrogens with one attached hydrogen (secondary N) is 1. The standard InChI is InChI=1S/C16H14BrNO3/c17-12-6-2-3-7-13(12)18-16(15(19)20)9-10-21-14-8-4-1-5-11(14)16/h1-8,18H,9-10H2,(H,19,20). The quantitative estimate of drug-likeness (QED) is 0.890. The van der Waals surface area contributed by atoms with Crippen LogP contribution in [0, 0.1) is 0 Å². The van der Waals surface area contributed by atoms with Crippen LogP contribution in [0.5, 0.6) is 5.75 Å². The van der Waals surface area contributed by atoms with E-state index in [1.54, 1.807) is 12.1 Å². The van der Waals surface area contributed by atoms with Crippen molar-refractivity contribution in [3.8, 4) is 5.75 Å². The zero-order valence-corrected chi connectivity index (χ0v) is 12.8. The molecule has 1 aliphatic heterocycles. The molecule has 2 aromatic rings. The van der Waals surface area contributed by atoms with Crippen molar-refractivity contribution in [3.63, 3.8) is 0 Å². The third-order valence-electron chi connectivity index (χ3n) is 3.67. The smallest absolute Gasteiger partial charge is 0.334 e. The van der Waals surface area contributed by atoms with E-state index in [-0.39, 0.29) is 0 Å². The molecule has 2 aromatic carbocycles. The van der Waals surface area contributed by atoms with Crippen molar-refractivity contribution in [2.45, 2.75) is 12.0 Å². The predicted molar refractivity (Wildman–Crippen MR) is 83.6 cm³/mol. The molecular weight excluding hydrogens is 334 g/mol. The molecule has 0 amide bonds. The molecule has 21 heavy (non-hydrogen) atoms. The number of carbonyl (C=O) groups is 1. The summed E-state index contributed by atoms with van der Waals surface area (Å²) in [6.45, 7) is 0.362. The van der Waals surface area contributed by atoms with E-state index in [1.807, 2.05) is 36.4 Å². The summed E-state index contributed by atoms with van der Waals surface area (Å²) in [5.41, 5.74) is 0.217. The van der Waals surface area contributed by atoms with Crippen LogP contribution in [0.4, 0.5) is 5.69 Å². The summed E-state index contributed by atoms with van der Waals surface area (Å²) < 4.78 is 6.41. The molecule has 1 aliphatic rings.